The van der Waals surface area contributed by atoms with Crippen molar-refractivity contribution in [3.63, 3.8) is 0 Å². The molecule has 1 aromatic carbocycles. The van der Waals surface area contributed by atoms with E-state index in [4.69, 9.17) is 11.5 Å². The van der Waals surface area contributed by atoms with Gasteiger partial charge in [-0.3, -0.25) is 9.59 Å². The fourth-order valence-corrected chi connectivity index (χ4v) is 2.52. The van der Waals surface area contributed by atoms with Gasteiger partial charge in [-0.25, -0.2) is 0 Å². The predicted molar refractivity (Wildman–Crippen MR) is 81.6 cm³/mol. The summed E-state index contributed by atoms with van der Waals surface area (Å²) >= 11 is 0. The second kappa shape index (κ2) is 7.08. The molecule has 21 heavy (non-hydrogen) atoms. The maximum Gasteiger partial charge on any atom is 0.243 e. The first-order chi connectivity index (χ1) is 10.1. The van der Waals surface area contributed by atoms with Gasteiger partial charge in [-0.1, -0.05) is 18.2 Å². The largest absolute Gasteiger partial charge is 0.373 e. The number of nitrogens with two attached hydrogens (primary N) is 2. The van der Waals surface area contributed by atoms with Gasteiger partial charge in [0.25, 0.3) is 0 Å². The van der Waals surface area contributed by atoms with Crippen LogP contribution in [0.5, 0.6) is 0 Å². The van der Waals surface area contributed by atoms with Crippen LogP contribution in [0.15, 0.2) is 24.3 Å². The summed E-state index contributed by atoms with van der Waals surface area (Å²) in [5.41, 5.74) is 12.9. The van der Waals surface area contributed by atoms with E-state index in [9.17, 15) is 9.59 Å². The average Bonchev–Trinajstić information content (AvgIpc) is 2.50. The van der Waals surface area contributed by atoms with Crippen LogP contribution in [0.2, 0.25) is 0 Å². The van der Waals surface area contributed by atoms with Crippen LogP contribution in [0.3, 0.4) is 0 Å². The third kappa shape index (κ3) is 3.95. The van der Waals surface area contributed by atoms with Crippen molar-refractivity contribution in [1.29, 1.82) is 0 Å². The fraction of sp³-hybridized carbons (Fsp3) is 0.467. The van der Waals surface area contributed by atoms with E-state index in [1.807, 2.05) is 24.3 Å². The second-order valence-electron chi connectivity index (χ2n) is 5.29. The lowest BCUT2D eigenvalue weighted by Crippen LogP contribution is -2.50. The Hall–Kier alpha value is -2.08. The molecular weight excluding hydrogens is 268 g/mol. The first-order valence-electron chi connectivity index (χ1n) is 7.26. The van der Waals surface area contributed by atoms with Crippen molar-refractivity contribution in [2.24, 2.45) is 11.5 Å². The van der Waals surface area contributed by atoms with Crippen molar-refractivity contribution in [1.82, 2.24) is 5.32 Å². The van der Waals surface area contributed by atoms with Gasteiger partial charge < -0.3 is 22.1 Å². The minimum atomic E-state index is -0.653. The van der Waals surface area contributed by atoms with E-state index in [0.29, 0.717) is 25.8 Å². The number of para-hydroxylation sites is 1. The van der Waals surface area contributed by atoms with Gasteiger partial charge in [0, 0.05) is 5.69 Å². The molecule has 1 heterocycles. The highest BCUT2D eigenvalue weighted by atomic mass is 16.2. The van der Waals surface area contributed by atoms with E-state index in [1.165, 1.54) is 5.56 Å². The molecule has 2 amide bonds. The maximum absolute atomic E-state index is 12.3. The Kier molecular flexibility index (Phi) is 5.16. The molecule has 6 nitrogen and oxygen atoms in total. The van der Waals surface area contributed by atoms with Crippen molar-refractivity contribution in [3.8, 4) is 0 Å². The number of nitrogens with one attached hydrogen (secondary N) is 2. The van der Waals surface area contributed by atoms with E-state index in [2.05, 4.69) is 10.6 Å². The number of rotatable bonds is 6. The summed E-state index contributed by atoms with van der Waals surface area (Å²) in [7, 11) is 0. The number of hydrogen-bond donors (Lipinski definition) is 4. The number of carbonyl (C=O) groups excluding carboxylic acids is 2. The summed E-state index contributed by atoms with van der Waals surface area (Å²) < 4.78 is 0. The molecule has 2 rings (SSSR count). The molecule has 1 unspecified atom stereocenters. The zero-order valence-electron chi connectivity index (χ0n) is 12.0. The summed E-state index contributed by atoms with van der Waals surface area (Å²) in [5, 5.41) is 5.93. The summed E-state index contributed by atoms with van der Waals surface area (Å²) in [6, 6.07) is 6.93. The highest BCUT2D eigenvalue weighted by Crippen LogP contribution is 2.24. The predicted octanol–water partition coefficient (Wildman–Crippen LogP) is 0.122. The zero-order valence-corrected chi connectivity index (χ0v) is 12.0. The van der Waals surface area contributed by atoms with Crippen LogP contribution < -0.4 is 22.1 Å². The topological polar surface area (TPSA) is 110 Å². The Morgan fingerprint density at radius 2 is 2.14 bits per heavy atom. The molecule has 0 saturated heterocycles. The minimum Gasteiger partial charge on any atom is -0.373 e. The van der Waals surface area contributed by atoms with Gasteiger partial charge in [-0.2, -0.15) is 0 Å². The van der Waals surface area contributed by atoms with Crippen molar-refractivity contribution in [3.05, 3.63) is 29.8 Å². The number of primary amides is 1. The number of fused-ring (bicyclic) bond motifs is 1. The van der Waals surface area contributed by atoms with Gasteiger partial charge in [-0.05, 0) is 43.9 Å². The molecule has 1 aliphatic heterocycles. The number of amides is 2. The second-order valence-corrected chi connectivity index (χ2v) is 5.29. The van der Waals surface area contributed by atoms with Crippen LogP contribution in [0.1, 0.15) is 24.8 Å². The van der Waals surface area contributed by atoms with Crippen LogP contribution in [0.25, 0.3) is 0 Å². The van der Waals surface area contributed by atoms with Crippen molar-refractivity contribution in [2.75, 3.05) is 11.9 Å². The van der Waals surface area contributed by atoms with Gasteiger partial charge in [0.15, 0.2) is 0 Å². The van der Waals surface area contributed by atoms with Gasteiger partial charge in [-0.15, -0.1) is 0 Å². The van der Waals surface area contributed by atoms with Gasteiger partial charge in [0.2, 0.25) is 11.8 Å². The molecule has 0 radical (unpaired) electrons. The lowest BCUT2D eigenvalue weighted by Gasteiger charge is -2.27. The molecule has 1 aliphatic rings. The molecule has 2 atom stereocenters. The van der Waals surface area contributed by atoms with E-state index >= 15 is 0 Å². The molecule has 114 valence electrons. The molecule has 6 N–H and O–H groups in total. The number of anilines is 1. The smallest absolute Gasteiger partial charge is 0.243 e. The highest BCUT2D eigenvalue weighted by Gasteiger charge is 2.26. The lowest BCUT2D eigenvalue weighted by atomic mass is 9.97. The van der Waals surface area contributed by atoms with Crippen LogP contribution in [0.4, 0.5) is 5.69 Å². The molecular formula is C15H22N4O2. The molecule has 0 fully saturated rings. The van der Waals surface area contributed by atoms with Crippen molar-refractivity contribution >= 4 is 17.5 Å². The van der Waals surface area contributed by atoms with Crippen molar-refractivity contribution < 1.29 is 9.59 Å². The fourth-order valence-electron chi connectivity index (χ4n) is 2.52. The van der Waals surface area contributed by atoms with E-state index in [0.717, 1.165) is 12.1 Å². The molecule has 0 bridgehead atoms. The molecule has 0 aromatic heterocycles. The molecule has 0 saturated carbocycles. The van der Waals surface area contributed by atoms with Crippen LogP contribution >= 0.6 is 0 Å². The van der Waals surface area contributed by atoms with Gasteiger partial charge in [0.1, 0.15) is 12.1 Å². The lowest BCUT2D eigenvalue weighted by molar-refractivity contribution is -0.128. The summed E-state index contributed by atoms with van der Waals surface area (Å²) in [6.07, 6.45) is 2.66. The Labute approximate surface area is 124 Å². The number of carbonyl (C=O) groups is 2. The third-order valence-electron chi connectivity index (χ3n) is 3.72. The van der Waals surface area contributed by atoms with E-state index < -0.39 is 11.9 Å². The highest BCUT2D eigenvalue weighted by molar-refractivity contribution is 5.90. The minimum absolute atomic E-state index is 0.190. The maximum atomic E-state index is 12.3. The standard InChI is InChI=1S/C15H22N4O2/c16-9-3-6-12(14(17)20)19-15(21)13-8-7-10-4-1-2-5-11(10)18-13/h1-2,4-5,12-13,18H,3,6-9,16H2,(H2,17,20)(H,19,21)/t12-,13?/m0/s1. The Morgan fingerprint density at radius 3 is 2.86 bits per heavy atom. The zero-order chi connectivity index (χ0) is 15.2. The van der Waals surface area contributed by atoms with Gasteiger partial charge >= 0.3 is 0 Å². The quantitative estimate of drug-likeness (QED) is 0.596. The first kappa shape index (κ1) is 15.3. The Balaban J connectivity index is 1.96. The number of aryl methyl sites for hydroxylation is 1. The van der Waals surface area contributed by atoms with Crippen LogP contribution in [-0.2, 0) is 16.0 Å². The molecule has 0 aliphatic carbocycles. The van der Waals surface area contributed by atoms with Crippen molar-refractivity contribution in [2.45, 2.75) is 37.8 Å². The normalized spacial score (nSPS) is 18.2. The molecule has 6 heteroatoms. The Bertz CT molecular complexity index is 518. The van der Waals surface area contributed by atoms with Gasteiger partial charge in [0.05, 0.1) is 0 Å². The number of hydrogen-bond acceptors (Lipinski definition) is 4. The summed E-state index contributed by atoms with van der Waals surface area (Å²) in [6.45, 7) is 0.467. The molecule has 1 aromatic rings. The van der Waals surface area contributed by atoms with E-state index in [-0.39, 0.29) is 11.9 Å². The summed E-state index contributed by atoms with van der Waals surface area (Å²) in [4.78, 5) is 23.6. The third-order valence-corrected chi connectivity index (χ3v) is 3.72. The van der Waals surface area contributed by atoms with Crippen LogP contribution in [-0.4, -0.2) is 30.4 Å². The average molecular weight is 290 g/mol. The first-order valence-corrected chi connectivity index (χ1v) is 7.26. The number of benzene rings is 1. The van der Waals surface area contributed by atoms with Crippen LogP contribution in [0, 0.1) is 0 Å². The summed E-state index contributed by atoms with van der Waals surface area (Å²) in [5.74, 6) is -0.710. The van der Waals surface area contributed by atoms with E-state index in [1.54, 1.807) is 0 Å². The Morgan fingerprint density at radius 1 is 1.38 bits per heavy atom. The molecule has 0 spiro atoms. The SMILES string of the molecule is NCCC[C@H](NC(=O)C1CCc2ccccc2N1)C(N)=O. The monoisotopic (exact) mass is 290 g/mol.